The fraction of sp³-hybridized carbons (Fsp3) is 0.333. The van der Waals surface area contributed by atoms with Gasteiger partial charge in [-0.1, -0.05) is 0 Å². The largest absolute Gasteiger partial charge is 0.435 e. The third-order valence-electron chi connectivity index (χ3n) is 3.99. The minimum atomic E-state index is -2.92. The number of halogens is 2. The number of benzene rings is 1. The maximum atomic E-state index is 12.8. The van der Waals surface area contributed by atoms with Crippen LogP contribution in [0.15, 0.2) is 35.6 Å². The van der Waals surface area contributed by atoms with Gasteiger partial charge in [-0.2, -0.15) is 14.3 Å². The van der Waals surface area contributed by atoms with Crippen LogP contribution in [-0.2, 0) is 21.3 Å². The summed E-state index contributed by atoms with van der Waals surface area (Å²) in [4.78, 5) is 16.9. The molecule has 0 amide bonds. The number of alkyl halides is 2. The average molecular weight is 426 g/mol. The van der Waals surface area contributed by atoms with E-state index < -0.39 is 17.4 Å². The van der Waals surface area contributed by atoms with Gasteiger partial charge in [-0.15, -0.1) is 0 Å². The van der Waals surface area contributed by atoms with E-state index in [1.165, 1.54) is 18.2 Å². The number of ether oxygens (including phenoxy) is 2. The van der Waals surface area contributed by atoms with Crippen molar-refractivity contribution in [2.24, 2.45) is 0 Å². The van der Waals surface area contributed by atoms with Crippen molar-refractivity contribution in [2.45, 2.75) is 24.4 Å². The number of imidazole rings is 1. The highest BCUT2D eigenvalue weighted by Gasteiger charge is 2.16. The van der Waals surface area contributed by atoms with E-state index in [9.17, 15) is 13.0 Å². The van der Waals surface area contributed by atoms with Crippen molar-refractivity contribution in [2.75, 3.05) is 20.3 Å². The number of nitrogens with one attached hydrogen (secondary N) is 2. The highest BCUT2D eigenvalue weighted by atomic mass is 32.2. The third kappa shape index (κ3) is 5.46. The number of methoxy groups -OCH3 is 1. The fourth-order valence-electron chi connectivity index (χ4n) is 2.53. The minimum Gasteiger partial charge on any atom is -0.435 e. The molecule has 1 unspecified atom stereocenters. The average Bonchev–Trinajstić information content (AvgIpc) is 3.11. The molecule has 0 aliphatic carbocycles. The van der Waals surface area contributed by atoms with Crippen LogP contribution in [0.5, 0.6) is 11.5 Å². The number of rotatable bonds is 10. The summed E-state index contributed by atoms with van der Waals surface area (Å²) in [6, 6.07) is 5.99. The van der Waals surface area contributed by atoms with Crippen LogP contribution in [0.2, 0.25) is 0 Å². The zero-order valence-electron chi connectivity index (χ0n) is 15.8. The predicted octanol–water partition coefficient (Wildman–Crippen LogP) is 2.71. The molecule has 0 spiro atoms. The monoisotopic (exact) mass is 426 g/mol. The standard InChI is InChI=1S/C18H20F2N4O4S/c1-11-15(21-6-5-16(11)28-22-7-8-26-2)10-29(25)18-23-13-4-3-12(27-17(19)20)9-14(13)24-18/h3-6,9,17,22H,7-8,10H2,1-2H3,(H,23,24). The van der Waals surface area contributed by atoms with Gasteiger partial charge in [0.15, 0.2) is 10.9 Å². The molecule has 29 heavy (non-hydrogen) atoms. The Morgan fingerprint density at radius 1 is 1.31 bits per heavy atom. The van der Waals surface area contributed by atoms with Crippen molar-refractivity contribution in [1.29, 1.82) is 0 Å². The van der Waals surface area contributed by atoms with Gasteiger partial charge >= 0.3 is 6.61 Å². The van der Waals surface area contributed by atoms with Gasteiger partial charge in [-0.3, -0.25) is 9.19 Å². The molecule has 156 valence electrons. The van der Waals surface area contributed by atoms with E-state index in [2.05, 4.69) is 25.2 Å². The Labute approximate surface area is 168 Å². The van der Waals surface area contributed by atoms with Gasteiger partial charge < -0.3 is 19.3 Å². The quantitative estimate of drug-likeness (QED) is 0.380. The second-order valence-electron chi connectivity index (χ2n) is 5.96. The first-order valence-electron chi connectivity index (χ1n) is 8.64. The Balaban J connectivity index is 1.72. The van der Waals surface area contributed by atoms with Crippen LogP contribution >= 0.6 is 0 Å². The van der Waals surface area contributed by atoms with Crippen molar-refractivity contribution < 1.29 is 27.3 Å². The summed E-state index contributed by atoms with van der Waals surface area (Å²) in [6.45, 7) is -0.0941. The topological polar surface area (TPSA) is 98.4 Å². The summed E-state index contributed by atoms with van der Waals surface area (Å²) in [5.41, 5.74) is 5.07. The zero-order chi connectivity index (χ0) is 20.8. The fourth-order valence-corrected chi connectivity index (χ4v) is 3.63. The van der Waals surface area contributed by atoms with Crippen LogP contribution in [0.3, 0.4) is 0 Å². The van der Waals surface area contributed by atoms with E-state index in [1.54, 1.807) is 19.4 Å². The van der Waals surface area contributed by atoms with Gasteiger partial charge in [0.25, 0.3) is 0 Å². The predicted molar refractivity (Wildman–Crippen MR) is 102 cm³/mol. The maximum absolute atomic E-state index is 12.8. The van der Waals surface area contributed by atoms with Gasteiger partial charge in [0, 0.05) is 31.0 Å². The summed E-state index contributed by atoms with van der Waals surface area (Å²) < 4.78 is 46.8. The van der Waals surface area contributed by atoms with E-state index in [0.29, 0.717) is 35.6 Å². The van der Waals surface area contributed by atoms with E-state index in [4.69, 9.17) is 9.57 Å². The van der Waals surface area contributed by atoms with Crippen molar-refractivity contribution in [3.05, 3.63) is 41.7 Å². The first-order chi connectivity index (χ1) is 14.0. The lowest BCUT2D eigenvalue weighted by Crippen LogP contribution is -2.23. The molecule has 1 aromatic carbocycles. The van der Waals surface area contributed by atoms with Gasteiger partial charge in [-0.05, 0) is 19.1 Å². The minimum absolute atomic E-state index is 0.00295. The Morgan fingerprint density at radius 3 is 2.90 bits per heavy atom. The van der Waals surface area contributed by atoms with Crippen LogP contribution in [0.4, 0.5) is 8.78 Å². The summed E-state index contributed by atoms with van der Waals surface area (Å²) in [5, 5.41) is 0.222. The SMILES string of the molecule is COCCNOc1ccnc(CS(=O)c2nc3ccc(OC(F)F)cc3[nH]2)c1C. The summed E-state index contributed by atoms with van der Waals surface area (Å²) in [6.07, 6.45) is 1.57. The number of hydrogen-bond acceptors (Lipinski definition) is 7. The number of hydroxylamine groups is 1. The van der Waals surface area contributed by atoms with Crippen molar-refractivity contribution in [3.8, 4) is 11.5 Å². The summed E-state index contributed by atoms with van der Waals surface area (Å²) in [7, 11) is 0.0690. The normalized spacial score (nSPS) is 12.4. The Hall–Kier alpha value is -2.63. The first-order valence-corrected chi connectivity index (χ1v) is 9.96. The molecule has 1 atom stereocenters. The molecule has 2 aromatic heterocycles. The summed E-state index contributed by atoms with van der Waals surface area (Å²) in [5.74, 6) is 0.680. The number of fused-ring (bicyclic) bond motifs is 1. The van der Waals surface area contributed by atoms with Crippen LogP contribution < -0.4 is 15.1 Å². The van der Waals surface area contributed by atoms with Gasteiger partial charge in [0.1, 0.15) is 5.75 Å². The van der Waals surface area contributed by atoms with E-state index in [0.717, 1.165) is 5.56 Å². The second-order valence-corrected chi connectivity index (χ2v) is 7.33. The molecule has 2 N–H and O–H groups in total. The Morgan fingerprint density at radius 2 is 2.14 bits per heavy atom. The van der Waals surface area contributed by atoms with E-state index in [1.807, 2.05) is 6.92 Å². The van der Waals surface area contributed by atoms with Crippen LogP contribution in [-0.4, -0.2) is 46.0 Å². The van der Waals surface area contributed by atoms with Crippen molar-refractivity contribution in [1.82, 2.24) is 20.4 Å². The molecule has 0 fully saturated rings. The molecule has 3 rings (SSSR count). The molecular weight excluding hydrogens is 406 g/mol. The van der Waals surface area contributed by atoms with Crippen LogP contribution in [0.25, 0.3) is 11.0 Å². The number of aromatic nitrogens is 3. The first kappa shape index (κ1) is 21.1. The second kappa shape index (κ2) is 9.72. The Kier molecular flexibility index (Phi) is 7.07. The maximum Gasteiger partial charge on any atom is 0.387 e. The lowest BCUT2D eigenvalue weighted by Gasteiger charge is -2.11. The van der Waals surface area contributed by atoms with Gasteiger partial charge in [0.2, 0.25) is 0 Å². The van der Waals surface area contributed by atoms with Gasteiger partial charge in [-0.25, -0.2) is 4.98 Å². The van der Waals surface area contributed by atoms with Crippen LogP contribution in [0, 0.1) is 6.92 Å². The molecule has 3 aromatic rings. The molecule has 11 heteroatoms. The molecule has 0 aliphatic heterocycles. The summed E-state index contributed by atoms with van der Waals surface area (Å²) >= 11 is 0. The molecule has 0 saturated heterocycles. The van der Waals surface area contributed by atoms with Crippen molar-refractivity contribution >= 4 is 21.8 Å². The van der Waals surface area contributed by atoms with Gasteiger partial charge in [0.05, 0.1) is 46.4 Å². The third-order valence-corrected chi connectivity index (χ3v) is 5.15. The number of nitrogens with zero attached hydrogens (tertiary/aromatic N) is 2. The number of pyridine rings is 1. The lowest BCUT2D eigenvalue weighted by molar-refractivity contribution is -0.0497. The highest BCUT2D eigenvalue weighted by molar-refractivity contribution is 7.84. The molecule has 8 nitrogen and oxygen atoms in total. The number of hydrogen-bond donors (Lipinski definition) is 2. The molecule has 0 bridgehead atoms. The molecule has 0 radical (unpaired) electrons. The molecule has 2 heterocycles. The molecule has 0 aliphatic rings. The molecule has 0 saturated carbocycles. The zero-order valence-corrected chi connectivity index (χ0v) is 16.6. The highest BCUT2D eigenvalue weighted by Crippen LogP contribution is 2.24. The lowest BCUT2D eigenvalue weighted by atomic mass is 10.2. The van der Waals surface area contributed by atoms with E-state index >= 15 is 0 Å². The van der Waals surface area contributed by atoms with Crippen molar-refractivity contribution in [3.63, 3.8) is 0 Å². The van der Waals surface area contributed by atoms with Crippen LogP contribution in [0.1, 0.15) is 11.3 Å². The Bertz CT molecular complexity index is 999. The smallest absolute Gasteiger partial charge is 0.387 e. The number of aromatic amines is 1. The molecular formula is C18H20F2N4O4S. The number of H-pyrrole nitrogens is 1. The van der Waals surface area contributed by atoms with E-state index in [-0.39, 0.29) is 16.7 Å².